The number of amides is 2. The van der Waals surface area contributed by atoms with Gasteiger partial charge in [0.15, 0.2) is 0 Å². The van der Waals surface area contributed by atoms with Crippen LogP contribution in [0, 0.1) is 11.7 Å². The van der Waals surface area contributed by atoms with Gasteiger partial charge in [-0.05, 0) is 41.2 Å². The number of carbonyl (C=O) groups excluding carboxylic acids is 2. The van der Waals surface area contributed by atoms with Crippen molar-refractivity contribution in [3.63, 3.8) is 0 Å². The molecule has 0 aliphatic rings. The van der Waals surface area contributed by atoms with E-state index in [2.05, 4.69) is 5.32 Å². The number of halogens is 1. The van der Waals surface area contributed by atoms with Crippen molar-refractivity contribution in [2.75, 3.05) is 6.54 Å². The molecular formula is C28H31FN2O2. The van der Waals surface area contributed by atoms with Gasteiger partial charge in [-0.25, -0.2) is 4.39 Å². The van der Waals surface area contributed by atoms with E-state index in [9.17, 15) is 14.0 Å². The molecule has 0 saturated heterocycles. The first-order chi connectivity index (χ1) is 15.9. The van der Waals surface area contributed by atoms with Crippen molar-refractivity contribution in [2.24, 2.45) is 5.92 Å². The topological polar surface area (TPSA) is 49.4 Å². The quantitative estimate of drug-likeness (QED) is 0.459. The lowest BCUT2D eigenvalue weighted by Crippen LogP contribution is -2.44. The molecule has 0 fully saturated rings. The summed E-state index contributed by atoms with van der Waals surface area (Å²) in [6.45, 7) is 4.78. The Kier molecular flexibility index (Phi) is 8.76. The first-order valence-corrected chi connectivity index (χ1v) is 11.3. The monoisotopic (exact) mass is 446 g/mol. The largest absolute Gasteiger partial charge is 0.354 e. The maximum Gasteiger partial charge on any atom is 0.247 e. The number of hydrogen-bond donors (Lipinski definition) is 1. The average molecular weight is 447 g/mol. The summed E-state index contributed by atoms with van der Waals surface area (Å²) in [5.41, 5.74) is 2.57. The van der Waals surface area contributed by atoms with Gasteiger partial charge in [0.05, 0.1) is 0 Å². The van der Waals surface area contributed by atoms with E-state index in [-0.39, 0.29) is 36.5 Å². The normalized spacial score (nSPS) is 11.8. The standard InChI is InChI=1S/C28H31FN2O2/c1-21(2)19-30-28(33)27(24-11-7-4-8-12-24)31(20-23-13-16-25(29)17-14-23)26(32)18-15-22-9-5-3-6-10-22/h3-14,16-17,21,27H,15,18-20H2,1-2H3,(H,30,33)/t27-/m1/s1. The molecule has 0 radical (unpaired) electrons. The van der Waals surface area contributed by atoms with Crippen molar-refractivity contribution in [3.05, 3.63) is 107 Å². The smallest absolute Gasteiger partial charge is 0.247 e. The van der Waals surface area contributed by atoms with Gasteiger partial charge in [-0.3, -0.25) is 9.59 Å². The molecule has 0 aliphatic carbocycles. The van der Waals surface area contributed by atoms with Crippen LogP contribution in [0.5, 0.6) is 0 Å². The van der Waals surface area contributed by atoms with Gasteiger partial charge in [-0.2, -0.15) is 0 Å². The van der Waals surface area contributed by atoms with Gasteiger partial charge in [0.2, 0.25) is 11.8 Å². The molecule has 0 aliphatic heterocycles. The third-order valence-electron chi connectivity index (χ3n) is 5.42. The van der Waals surface area contributed by atoms with Crippen LogP contribution in [0.2, 0.25) is 0 Å². The SMILES string of the molecule is CC(C)CNC(=O)[C@@H](c1ccccc1)N(Cc1ccc(F)cc1)C(=O)CCc1ccccc1. The molecule has 1 atom stereocenters. The maximum absolute atomic E-state index is 13.5. The van der Waals surface area contributed by atoms with E-state index >= 15 is 0 Å². The summed E-state index contributed by atoms with van der Waals surface area (Å²) in [7, 11) is 0. The number of rotatable bonds is 10. The van der Waals surface area contributed by atoms with Crippen LogP contribution in [0.15, 0.2) is 84.9 Å². The van der Waals surface area contributed by atoms with Crippen LogP contribution in [0.25, 0.3) is 0 Å². The van der Waals surface area contributed by atoms with Crippen molar-refractivity contribution >= 4 is 11.8 Å². The molecule has 0 bridgehead atoms. The van der Waals surface area contributed by atoms with E-state index in [1.54, 1.807) is 17.0 Å². The second-order valence-corrected chi connectivity index (χ2v) is 8.59. The highest BCUT2D eigenvalue weighted by molar-refractivity contribution is 5.88. The van der Waals surface area contributed by atoms with Gasteiger partial charge >= 0.3 is 0 Å². The van der Waals surface area contributed by atoms with E-state index < -0.39 is 6.04 Å². The number of nitrogens with zero attached hydrogens (tertiary/aromatic N) is 1. The second kappa shape index (κ2) is 12.0. The molecule has 33 heavy (non-hydrogen) atoms. The van der Waals surface area contributed by atoms with Crippen molar-refractivity contribution in [2.45, 2.75) is 39.3 Å². The van der Waals surface area contributed by atoms with E-state index in [1.807, 2.05) is 74.5 Å². The van der Waals surface area contributed by atoms with E-state index in [4.69, 9.17) is 0 Å². The molecule has 0 heterocycles. The Morgan fingerprint density at radius 1 is 0.848 bits per heavy atom. The minimum atomic E-state index is -0.779. The van der Waals surface area contributed by atoms with Crippen molar-refractivity contribution in [1.29, 1.82) is 0 Å². The lowest BCUT2D eigenvalue weighted by atomic mass is 10.0. The molecule has 1 N–H and O–H groups in total. The summed E-state index contributed by atoms with van der Waals surface area (Å²) in [5.74, 6) is -0.401. The molecular weight excluding hydrogens is 415 g/mol. The summed E-state index contributed by atoms with van der Waals surface area (Å²) < 4.78 is 13.5. The molecule has 2 amide bonds. The van der Waals surface area contributed by atoms with Crippen LogP contribution in [0.4, 0.5) is 4.39 Å². The Morgan fingerprint density at radius 2 is 1.45 bits per heavy atom. The van der Waals surface area contributed by atoms with Gasteiger partial charge in [0.25, 0.3) is 0 Å². The molecule has 0 aromatic heterocycles. The van der Waals surface area contributed by atoms with Gasteiger partial charge in [0.1, 0.15) is 11.9 Å². The van der Waals surface area contributed by atoms with Gasteiger partial charge in [-0.1, -0.05) is 86.6 Å². The molecule has 3 rings (SSSR count). The maximum atomic E-state index is 13.5. The van der Waals surface area contributed by atoms with Gasteiger partial charge in [-0.15, -0.1) is 0 Å². The zero-order valence-electron chi connectivity index (χ0n) is 19.2. The Morgan fingerprint density at radius 3 is 2.06 bits per heavy atom. The van der Waals surface area contributed by atoms with Crippen LogP contribution >= 0.6 is 0 Å². The van der Waals surface area contributed by atoms with Crippen molar-refractivity contribution in [1.82, 2.24) is 10.2 Å². The zero-order valence-corrected chi connectivity index (χ0v) is 19.2. The lowest BCUT2D eigenvalue weighted by molar-refractivity contribution is -0.141. The average Bonchev–Trinajstić information content (AvgIpc) is 2.83. The number of carbonyl (C=O) groups is 2. The van der Waals surface area contributed by atoms with E-state index in [0.717, 1.165) is 16.7 Å². The van der Waals surface area contributed by atoms with Crippen LogP contribution < -0.4 is 5.32 Å². The molecule has 3 aromatic carbocycles. The van der Waals surface area contributed by atoms with Crippen LogP contribution in [0.3, 0.4) is 0 Å². The molecule has 0 unspecified atom stereocenters. The van der Waals surface area contributed by atoms with Crippen LogP contribution in [-0.2, 0) is 22.6 Å². The predicted molar refractivity (Wildman–Crippen MR) is 129 cm³/mol. The van der Waals surface area contributed by atoms with Crippen LogP contribution in [0.1, 0.15) is 43.0 Å². The third-order valence-corrected chi connectivity index (χ3v) is 5.42. The Hall–Kier alpha value is -3.47. The summed E-state index contributed by atoms with van der Waals surface area (Å²) in [4.78, 5) is 28.5. The fourth-order valence-electron chi connectivity index (χ4n) is 3.66. The number of nitrogens with one attached hydrogen (secondary N) is 1. The number of hydrogen-bond acceptors (Lipinski definition) is 2. The lowest BCUT2D eigenvalue weighted by Gasteiger charge is -2.32. The summed E-state index contributed by atoms with van der Waals surface area (Å²) in [5, 5.41) is 2.99. The molecule has 0 spiro atoms. The molecule has 172 valence electrons. The Balaban J connectivity index is 1.92. The van der Waals surface area contributed by atoms with Crippen LogP contribution in [-0.4, -0.2) is 23.3 Å². The fraction of sp³-hybridized carbons (Fsp3) is 0.286. The zero-order chi connectivity index (χ0) is 23.6. The highest BCUT2D eigenvalue weighted by Crippen LogP contribution is 2.25. The van der Waals surface area contributed by atoms with Crippen molar-refractivity contribution < 1.29 is 14.0 Å². The van der Waals surface area contributed by atoms with E-state index in [1.165, 1.54) is 12.1 Å². The molecule has 3 aromatic rings. The number of aryl methyl sites for hydroxylation is 1. The van der Waals surface area contributed by atoms with E-state index in [0.29, 0.717) is 13.0 Å². The van der Waals surface area contributed by atoms with Gasteiger partial charge < -0.3 is 10.2 Å². The summed E-state index contributed by atoms with van der Waals surface area (Å²) in [6, 6.07) is 24.4. The highest BCUT2D eigenvalue weighted by Gasteiger charge is 2.31. The summed E-state index contributed by atoms with van der Waals surface area (Å²) in [6.07, 6.45) is 0.848. The predicted octanol–water partition coefficient (Wildman–Crippen LogP) is 5.30. The fourth-order valence-corrected chi connectivity index (χ4v) is 3.66. The molecule has 5 heteroatoms. The second-order valence-electron chi connectivity index (χ2n) is 8.59. The third kappa shape index (κ3) is 7.28. The minimum Gasteiger partial charge on any atom is -0.354 e. The Bertz CT molecular complexity index is 1020. The van der Waals surface area contributed by atoms with Crippen molar-refractivity contribution in [3.8, 4) is 0 Å². The molecule has 0 saturated carbocycles. The number of benzene rings is 3. The first-order valence-electron chi connectivity index (χ1n) is 11.3. The first kappa shape index (κ1) is 24.2. The van der Waals surface area contributed by atoms with Gasteiger partial charge in [0, 0.05) is 19.5 Å². The minimum absolute atomic E-state index is 0.128. The highest BCUT2D eigenvalue weighted by atomic mass is 19.1. The molecule has 4 nitrogen and oxygen atoms in total. The summed E-state index contributed by atoms with van der Waals surface area (Å²) >= 11 is 0. The Labute approximate surface area is 195 Å².